The molecule has 0 atom stereocenters. The summed E-state index contributed by atoms with van der Waals surface area (Å²) in [6.07, 6.45) is 3.67. The van der Waals surface area contributed by atoms with Crippen molar-refractivity contribution in [2.75, 3.05) is 6.61 Å². The van der Waals surface area contributed by atoms with Gasteiger partial charge in [0.15, 0.2) is 0 Å². The van der Waals surface area contributed by atoms with Crippen LogP contribution in [-0.4, -0.2) is 11.6 Å². The van der Waals surface area contributed by atoms with E-state index < -0.39 is 0 Å². The molecule has 1 aromatic rings. The third-order valence-corrected chi connectivity index (χ3v) is 1.81. The van der Waals surface area contributed by atoms with Crippen LogP contribution in [0.15, 0.2) is 12.4 Å². The van der Waals surface area contributed by atoms with Crippen LogP contribution in [-0.2, 0) is 0 Å². The minimum Gasteiger partial charge on any atom is -0.493 e. The summed E-state index contributed by atoms with van der Waals surface area (Å²) < 4.78 is 5.69. The summed E-state index contributed by atoms with van der Waals surface area (Å²) >= 11 is 0. The molecule has 0 unspecified atom stereocenters. The van der Waals surface area contributed by atoms with Gasteiger partial charge in [-0.05, 0) is 19.8 Å². The summed E-state index contributed by atoms with van der Waals surface area (Å²) in [5, 5.41) is 0. The predicted molar refractivity (Wildman–Crippen MR) is 54.0 cm³/mol. The van der Waals surface area contributed by atoms with Gasteiger partial charge in [-0.2, -0.15) is 0 Å². The molecule has 13 heavy (non-hydrogen) atoms. The lowest BCUT2D eigenvalue weighted by Gasteiger charge is -2.12. The van der Waals surface area contributed by atoms with Gasteiger partial charge in [-0.3, -0.25) is 4.98 Å². The van der Waals surface area contributed by atoms with Gasteiger partial charge >= 0.3 is 0 Å². The van der Waals surface area contributed by atoms with E-state index in [1.807, 2.05) is 26.2 Å². The quantitative estimate of drug-likeness (QED) is 0.711. The number of aromatic nitrogens is 1. The molecule has 2 heteroatoms. The first-order valence-electron chi connectivity index (χ1n) is 4.65. The SMILES string of the molecule is Cc1cncc(C)c1OCC(C)C. The maximum atomic E-state index is 5.69. The summed E-state index contributed by atoms with van der Waals surface area (Å²) in [4.78, 5) is 4.09. The molecule has 0 aliphatic heterocycles. The van der Waals surface area contributed by atoms with Crippen LogP contribution in [0.2, 0.25) is 0 Å². The number of aryl methyl sites for hydroxylation is 2. The van der Waals surface area contributed by atoms with E-state index in [0.717, 1.165) is 23.5 Å². The van der Waals surface area contributed by atoms with Crippen LogP contribution in [0.5, 0.6) is 5.75 Å². The molecule has 0 fully saturated rings. The van der Waals surface area contributed by atoms with Gasteiger partial charge in [-0.15, -0.1) is 0 Å². The van der Waals surface area contributed by atoms with Crippen LogP contribution < -0.4 is 4.74 Å². The summed E-state index contributed by atoms with van der Waals surface area (Å²) in [7, 11) is 0. The zero-order valence-corrected chi connectivity index (χ0v) is 8.79. The van der Waals surface area contributed by atoms with Gasteiger partial charge < -0.3 is 4.74 Å². The first kappa shape index (κ1) is 10.0. The van der Waals surface area contributed by atoms with Gasteiger partial charge in [0, 0.05) is 23.5 Å². The van der Waals surface area contributed by atoms with E-state index in [2.05, 4.69) is 18.8 Å². The van der Waals surface area contributed by atoms with Crippen molar-refractivity contribution in [2.45, 2.75) is 27.7 Å². The van der Waals surface area contributed by atoms with Gasteiger partial charge in [-0.1, -0.05) is 13.8 Å². The highest BCUT2D eigenvalue weighted by Crippen LogP contribution is 2.21. The van der Waals surface area contributed by atoms with E-state index in [1.54, 1.807) is 0 Å². The topological polar surface area (TPSA) is 22.1 Å². The van der Waals surface area contributed by atoms with E-state index >= 15 is 0 Å². The normalized spacial score (nSPS) is 10.5. The Kier molecular flexibility index (Phi) is 3.29. The molecule has 0 amide bonds. The lowest BCUT2D eigenvalue weighted by Crippen LogP contribution is -2.06. The Morgan fingerprint density at radius 2 is 1.77 bits per heavy atom. The van der Waals surface area contributed by atoms with Gasteiger partial charge in [-0.25, -0.2) is 0 Å². The average Bonchev–Trinajstić information content (AvgIpc) is 2.03. The monoisotopic (exact) mass is 179 g/mol. The number of ether oxygens (including phenoxy) is 1. The molecule has 0 saturated heterocycles. The summed E-state index contributed by atoms with van der Waals surface area (Å²) in [5.74, 6) is 1.55. The predicted octanol–water partition coefficient (Wildman–Crippen LogP) is 2.73. The van der Waals surface area contributed by atoms with Crippen molar-refractivity contribution in [1.82, 2.24) is 4.98 Å². The number of hydrogen-bond donors (Lipinski definition) is 0. The molecule has 2 nitrogen and oxygen atoms in total. The third-order valence-electron chi connectivity index (χ3n) is 1.81. The van der Waals surface area contributed by atoms with E-state index in [9.17, 15) is 0 Å². The molecule has 1 aromatic heterocycles. The number of hydrogen-bond acceptors (Lipinski definition) is 2. The largest absolute Gasteiger partial charge is 0.493 e. The zero-order valence-electron chi connectivity index (χ0n) is 8.79. The van der Waals surface area contributed by atoms with Crippen LogP contribution in [0.4, 0.5) is 0 Å². The lowest BCUT2D eigenvalue weighted by atomic mass is 10.2. The molecule has 0 aromatic carbocycles. The van der Waals surface area contributed by atoms with E-state index in [4.69, 9.17) is 4.74 Å². The summed E-state index contributed by atoms with van der Waals surface area (Å²) in [6, 6.07) is 0. The van der Waals surface area contributed by atoms with Crippen molar-refractivity contribution < 1.29 is 4.74 Å². The van der Waals surface area contributed by atoms with E-state index in [1.165, 1.54) is 0 Å². The highest BCUT2D eigenvalue weighted by Gasteiger charge is 2.04. The Balaban J connectivity index is 2.75. The van der Waals surface area contributed by atoms with Crippen molar-refractivity contribution in [3.8, 4) is 5.75 Å². The maximum absolute atomic E-state index is 5.69. The minimum atomic E-state index is 0.562. The van der Waals surface area contributed by atoms with Gasteiger partial charge in [0.1, 0.15) is 5.75 Å². The second-order valence-electron chi connectivity index (χ2n) is 3.81. The molecule has 0 N–H and O–H groups in total. The summed E-state index contributed by atoms with van der Waals surface area (Å²) in [6.45, 7) is 9.11. The Hall–Kier alpha value is -1.05. The van der Waals surface area contributed by atoms with Crippen LogP contribution in [0, 0.1) is 19.8 Å². The fourth-order valence-electron chi connectivity index (χ4n) is 1.17. The highest BCUT2D eigenvalue weighted by molar-refractivity contribution is 5.36. The molecule has 0 aliphatic carbocycles. The first-order chi connectivity index (χ1) is 6.11. The van der Waals surface area contributed by atoms with E-state index in [-0.39, 0.29) is 0 Å². The Morgan fingerprint density at radius 3 is 2.23 bits per heavy atom. The Labute approximate surface area is 80.0 Å². The van der Waals surface area contributed by atoms with Crippen molar-refractivity contribution in [1.29, 1.82) is 0 Å². The maximum Gasteiger partial charge on any atom is 0.128 e. The fourth-order valence-corrected chi connectivity index (χ4v) is 1.17. The molecular formula is C11H17NO. The standard InChI is InChI=1S/C11H17NO/c1-8(2)7-13-11-9(3)5-12-6-10(11)4/h5-6,8H,7H2,1-4H3. The Morgan fingerprint density at radius 1 is 1.23 bits per heavy atom. The lowest BCUT2D eigenvalue weighted by molar-refractivity contribution is 0.267. The molecule has 1 rings (SSSR count). The molecule has 0 aliphatic rings. The molecule has 0 saturated carbocycles. The smallest absolute Gasteiger partial charge is 0.128 e. The second kappa shape index (κ2) is 4.26. The molecule has 1 heterocycles. The number of pyridine rings is 1. The van der Waals surface area contributed by atoms with Crippen molar-refractivity contribution in [2.24, 2.45) is 5.92 Å². The van der Waals surface area contributed by atoms with Crippen LogP contribution in [0.1, 0.15) is 25.0 Å². The number of rotatable bonds is 3. The van der Waals surface area contributed by atoms with Crippen molar-refractivity contribution >= 4 is 0 Å². The van der Waals surface area contributed by atoms with E-state index in [0.29, 0.717) is 5.92 Å². The highest BCUT2D eigenvalue weighted by atomic mass is 16.5. The second-order valence-corrected chi connectivity index (χ2v) is 3.81. The van der Waals surface area contributed by atoms with Crippen molar-refractivity contribution in [3.05, 3.63) is 23.5 Å². The average molecular weight is 179 g/mol. The molecular weight excluding hydrogens is 162 g/mol. The fraction of sp³-hybridized carbons (Fsp3) is 0.545. The van der Waals surface area contributed by atoms with Gasteiger partial charge in [0.25, 0.3) is 0 Å². The Bertz CT molecular complexity index is 261. The van der Waals surface area contributed by atoms with Crippen LogP contribution in [0.25, 0.3) is 0 Å². The molecule has 0 radical (unpaired) electrons. The summed E-state index contributed by atoms with van der Waals surface area (Å²) in [5.41, 5.74) is 2.22. The molecule has 0 bridgehead atoms. The number of nitrogens with zero attached hydrogens (tertiary/aromatic N) is 1. The minimum absolute atomic E-state index is 0.562. The van der Waals surface area contributed by atoms with Crippen LogP contribution in [0.3, 0.4) is 0 Å². The van der Waals surface area contributed by atoms with Gasteiger partial charge in [0.05, 0.1) is 6.61 Å². The first-order valence-corrected chi connectivity index (χ1v) is 4.65. The molecule has 72 valence electrons. The third kappa shape index (κ3) is 2.72. The van der Waals surface area contributed by atoms with Crippen LogP contribution >= 0.6 is 0 Å². The van der Waals surface area contributed by atoms with Gasteiger partial charge in [0.2, 0.25) is 0 Å². The van der Waals surface area contributed by atoms with Crippen molar-refractivity contribution in [3.63, 3.8) is 0 Å². The zero-order chi connectivity index (χ0) is 9.84. The molecule has 0 spiro atoms.